The molecule has 6 heteroatoms. The van der Waals surface area contributed by atoms with Crippen LogP contribution in [0.1, 0.15) is 43.0 Å². The molecule has 1 unspecified atom stereocenters. The molecule has 0 aliphatic carbocycles. The van der Waals surface area contributed by atoms with Gasteiger partial charge in [0.1, 0.15) is 5.75 Å². The SMILES string of the molecule is COc1cc(OC)c(C(=O)NCCC[NH+]2CCCC[C@H]2C)cc1OC. The molecule has 0 radical (unpaired) electrons. The van der Waals surface area contributed by atoms with Crippen LogP contribution in [0.4, 0.5) is 0 Å². The summed E-state index contributed by atoms with van der Waals surface area (Å²) >= 11 is 0. The van der Waals surface area contributed by atoms with Gasteiger partial charge in [-0.1, -0.05) is 0 Å². The van der Waals surface area contributed by atoms with E-state index in [2.05, 4.69) is 12.2 Å². The second-order valence-corrected chi connectivity index (χ2v) is 6.57. The maximum absolute atomic E-state index is 12.5. The molecule has 1 fully saturated rings. The number of quaternary nitrogens is 1. The highest BCUT2D eigenvalue weighted by atomic mass is 16.5. The van der Waals surface area contributed by atoms with Crippen molar-refractivity contribution in [3.05, 3.63) is 17.7 Å². The molecule has 2 rings (SSSR count). The molecule has 25 heavy (non-hydrogen) atoms. The first-order valence-corrected chi connectivity index (χ1v) is 9.03. The number of carbonyl (C=O) groups excluding carboxylic acids is 1. The number of rotatable bonds is 8. The lowest BCUT2D eigenvalue weighted by atomic mass is 10.0. The Balaban J connectivity index is 1.91. The summed E-state index contributed by atoms with van der Waals surface area (Å²) in [6, 6.07) is 4.06. The van der Waals surface area contributed by atoms with Crippen molar-refractivity contribution in [1.29, 1.82) is 0 Å². The molecule has 2 atom stereocenters. The van der Waals surface area contributed by atoms with E-state index >= 15 is 0 Å². The first-order valence-electron chi connectivity index (χ1n) is 9.03. The Morgan fingerprint density at radius 3 is 2.44 bits per heavy atom. The minimum atomic E-state index is -0.153. The Hall–Kier alpha value is -1.95. The van der Waals surface area contributed by atoms with Crippen molar-refractivity contribution < 1.29 is 23.9 Å². The molecular weight excluding hydrogens is 320 g/mol. The third kappa shape index (κ3) is 5.01. The van der Waals surface area contributed by atoms with Crippen molar-refractivity contribution in [2.75, 3.05) is 41.0 Å². The van der Waals surface area contributed by atoms with E-state index in [9.17, 15) is 4.79 Å². The van der Waals surface area contributed by atoms with E-state index in [1.165, 1.54) is 25.8 Å². The van der Waals surface area contributed by atoms with Gasteiger partial charge in [-0.3, -0.25) is 4.79 Å². The van der Waals surface area contributed by atoms with Crippen LogP contribution in [0.2, 0.25) is 0 Å². The predicted molar refractivity (Wildman–Crippen MR) is 97.1 cm³/mol. The number of methoxy groups -OCH3 is 3. The van der Waals surface area contributed by atoms with Gasteiger partial charge in [-0.15, -0.1) is 0 Å². The largest absolute Gasteiger partial charge is 0.496 e. The summed E-state index contributed by atoms with van der Waals surface area (Å²) in [6.45, 7) is 5.33. The summed E-state index contributed by atoms with van der Waals surface area (Å²) < 4.78 is 15.9. The zero-order valence-corrected chi connectivity index (χ0v) is 15.8. The van der Waals surface area contributed by atoms with Crippen LogP contribution in [-0.4, -0.2) is 52.9 Å². The normalized spacial score (nSPS) is 20.0. The standard InChI is InChI=1S/C19H30N2O4/c1-14-8-5-6-10-21(14)11-7-9-20-19(22)15-12-17(24-3)18(25-4)13-16(15)23-2/h12-14H,5-11H2,1-4H3,(H,20,22)/p+1/t14-/m1/s1. The Morgan fingerprint density at radius 2 is 1.80 bits per heavy atom. The highest BCUT2D eigenvalue weighted by Crippen LogP contribution is 2.34. The summed E-state index contributed by atoms with van der Waals surface area (Å²) in [5, 5.41) is 2.99. The van der Waals surface area contributed by atoms with Crippen molar-refractivity contribution in [1.82, 2.24) is 5.32 Å². The van der Waals surface area contributed by atoms with Crippen LogP contribution in [0.25, 0.3) is 0 Å². The number of likely N-dealkylation sites (tertiary alicyclic amines) is 1. The highest BCUT2D eigenvalue weighted by molar-refractivity contribution is 5.97. The minimum Gasteiger partial charge on any atom is -0.496 e. The third-order valence-electron chi connectivity index (χ3n) is 4.99. The quantitative estimate of drug-likeness (QED) is 0.693. The molecule has 1 amide bonds. The van der Waals surface area contributed by atoms with Crippen molar-refractivity contribution in [3.63, 3.8) is 0 Å². The van der Waals surface area contributed by atoms with Crippen molar-refractivity contribution in [3.8, 4) is 17.2 Å². The van der Waals surface area contributed by atoms with Crippen molar-refractivity contribution in [2.24, 2.45) is 0 Å². The molecular formula is C19H31N2O4+. The zero-order valence-electron chi connectivity index (χ0n) is 15.8. The first-order chi connectivity index (χ1) is 12.1. The fourth-order valence-electron chi connectivity index (χ4n) is 3.44. The lowest BCUT2D eigenvalue weighted by Gasteiger charge is -2.30. The number of ether oxygens (including phenoxy) is 3. The molecule has 0 spiro atoms. The Labute approximate surface area is 150 Å². The summed E-state index contributed by atoms with van der Waals surface area (Å²) in [5.41, 5.74) is 0.457. The molecule has 0 saturated carbocycles. The first kappa shape index (κ1) is 19.4. The van der Waals surface area contributed by atoms with E-state index < -0.39 is 0 Å². The number of carbonyl (C=O) groups is 1. The molecule has 1 saturated heterocycles. The maximum Gasteiger partial charge on any atom is 0.255 e. The average molecular weight is 351 g/mol. The van der Waals surface area contributed by atoms with Crippen molar-refractivity contribution in [2.45, 2.75) is 38.6 Å². The number of hydrogen-bond donors (Lipinski definition) is 2. The zero-order chi connectivity index (χ0) is 18.2. The Morgan fingerprint density at radius 1 is 1.12 bits per heavy atom. The second kappa shape index (κ2) is 9.51. The fraction of sp³-hybridized carbons (Fsp3) is 0.632. The lowest BCUT2D eigenvalue weighted by molar-refractivity contribution is -0.928. The van der Waals surface area contributed by atoms with Gasteiger partial charge < -0.3 is 24.4 Å². The monoisotopic (exact) mass is 351 g/mol. The van der Waals surface area contributed by atoms with Gasteiger partial charge in [-0.25, -0.2) is 0 Å². The van der Waals surface area contributed by atoms with Crippen LogP contribution in [0.5, 0.6) is 17.2 Å². The lowest BCUT2D eigenvalue weighted by Crippen LogP contribution is -3.16. The van der Waals surface area contributed by atoms with Gasteiger partial charge in [0, 0.05) is 25.1 Å². The van der Waals surface area contributed by atoms with E-state index in [-0.39, 0.29) is 5.91 Å². The van der Waals surface area contributed by atoms with Gasteiger partial charge in [0.25, 0.3) is 5.91 Å². The molecule has 1 heterocycles. The van der Waals surface area contributed by atoms with Gasteiger partial charge in [0.2, 0.25) is 0 Å². The fourth-order valence-corrected chi connectivity index (χ4v) is 3.44. The number of nitrogens with one attached hydrogen (secondary N) is 2. The summed E-state index contributed by atoms with van der Waals surface area (Å²) in [4.78, 5) is 14.2. The predicted octanol–water partition coefficient (Wildman–Crippen LogP) is 1.29. The minimum absolute atomic E-state index is 0.153. The Kier molecular flexibility index (Phi) is 7.37. The van der Waals surface area contributed by atoms with Crippen LogP contribution in [-0.2, 0) is 0 Å². The highest BCUT2D eigenvalue weighted by Gasteiger charge is 2.21. The van der Waals surface area contributed by atoms with E-state index in [0.717, 1.165) is 19.0 Å². The summed E-state index contributed by atoms with van der Waals surface area (Å²) in [7, 11) is 4.65. The van der Waals surface area contributed by atoms with E-state index in [0.29, 0.717) is 29.4 Å². The average Bonchev–Trinajstić information content (AvgIpc) is 2.65. The molecule has 1 aliphatic heterocycles. The van der Waals surface area contributed by atoms with Gasteiger partial charge >= 0.3 is 0 Å². The van der Waals surface area contributed by atoms with Crippen molar-refractivity contribution >= 4 is 5.91 Å². The molecule has 0 bridgehead atoms. The second-order valence-electron chi connectivity index (χ2n) is 6.57. The molecule has 1 aromatic carbocycles. The smallest absolute Gasteiger partial charge is 0.255 e. The van der Waals surface area contributed by atoms with Crippen LogP contribution < -0.4 is 24.4 Å². The molecule has 2 N–H and O–H groups in total. The van der Waals surface area contributed by atoms with Gasteiger partial charge in [-0.05, 0) is 26.2 Å². The number of amides is 1. The van der Waals surface area contributed by atoms with Crippen LogP contribution in [0, 0.1) is 0 Å². The van der Waals surface area contributed by atoms with Gasteiger partial charge in [0.15, 0.2) is 11.5 Å². The topological polar surface area (TPSA) is 61.2 Å². The summed E-state index contributed by atoms with van der Waals surface area (Å²) in [6.07, 6.45) is 4.95. The van der Waals surface area contributed by atoms with Crippen LogP contribution in [0.15, 0.2) is 12.1 Å². The molecule has 0 aromatic heterocycles. The third-order valence-corrected chi connectivity index (χ3v) is 4.99. The molecule has 140 valence electrons. The van der Waals surface area contributed by atoms with Gasteiger partial charge in [-0.2, -0.15) is 0 Å². The van der Waals surface area contributed by atoms with Crippen LogP contribution in [0.3, 0.4) is 0 Å². The van der Waals surface area contributed by atoms with Crippen LogP contribution >= 0.6 is 0 Å². The number of piperidine rings is 1. The Bertz CT molecular complexity index is 577. The molecule has 1 aliphatic rings. The van der Waals surface area contributed by atoms with Gasteiger partial charge in [0.05, 0.1) is 46.0 Å². The number of benzene rings is 1. The van der Waals surface area contributed by atoms with E-state index in [1.807, 2.05) is 0 Å². The van der Waals surface area contributed by atoms with E-state index in [1.54, 1.807) is 38.4 Å². The molecule has 6 nitrogen and oxygen atoms in total. The molecule has 1 aromatic rings. The van der Waals surface area contributed by atoms with E-state index in [4.69, 9.17) is 14.2 Å². The number of hydrogen-bond acceptors (Lipinski definition) is 4. The maximum atomic E-state index is 12.5. The summed E-state index contributed by atoms with van der Waals surface area (Å²) in [5.74, 6) is 1.38.